The fraction of sp³-hybridized carbons (Fsp3) is 0.429. The summed E-state index contributed by atoms with van der Waals surface area (Å²) in [7, 11) is 9.87. The minimum atomic E-state index is -0.826. The molecule has 0 N–H and O–H groups in total. The van der Waals surface area contributed by atoms with Gasteiger partial charge in [0.05, 0.1) is 0 Å². The van der Waals surface area contributed by atoms with Crippen LogP contribution in [0.1, 0.15) is 48.9 Å². The molecule has 1 aromatic rings. The van der Waals surface area contributed by atoms with E-state index in [4.69, 9.17) is 17.0 Å². The van der Waals surface area contributed by atoms with Gasteiger partial charge in [0.25, 0.3) is 0 Å². The van der Waals surface area contributed by atoms with Gasteiger partial charge in [0.15, 0.2) is 0 Å². The maximum atomic E-state index is 4.93. The predicted molar refractivity (Wildman–Crippen MR) is 74.3 cm³/mol. The molecule has 0 fully saturated rings. The van der Waals surface area contributed by atoms with Gasteiger partial charge in [0, 0.05) is 0 Å². The van der Waals surface area contributed by atoms with E-state index in [1.807, 2.05) is 0 Å². The predicted octanol–water partition coefficient (Wildman–Crippen LogP) is 5.45. The van der Waals surface area contributed by atoms with E-state index >= 15 is 0 Å². The summed E-state index contributed by atoms with van der Waals surface area (Å²) >= 11 is -0.826. The molecular formula is C14H18Cl2Zr. The number of aryl methyl sites for hydroxylation is 1. The minimum absolute atomic E-state index is 0.632. The average Bonchev–Trinajstić information content (AvgIpc) is 2.58. The number of hydrogen-bond acceptors (Lipinski definition) is 0. The van der Waals surface area contributed by atoms with Crippen LogP contribution in [0.5, 0.6) is 0 Å². The zero-order chi connectivity index (χ0) is 13.0. The zero-order valence-corrected chi connectivity index (χ0v) is 14.7. The number of halogens is 2. The zero-order valence-electron chi connectivity index (χ0n) is 10.8. The monoisotopic (exact) mass is 346 g/mol. The first-order chi connectivity index (χ1) is 8.01. The summed E-state index contributed by atoms with van der Waals surface area (Å²) in [6.45, 7) is 9.00. The number of allylic oxidation sites excluding steroid dienone is 1. The molecule has 0 spiro atoms. The van der Waals surface area contributed by atoms with Crippen LogP contribution < -0.4 is 0 Å². The van der Waals surface area contributed by atoms with E-state index in [0.717, 1.165) is 6.42 Å². The van der Waals surface area contributed by atoms with Crippen molar-refractivity contribution >= 4 is 23.1 Å². The van der Waals surface area contributed by atoms with Crippen molar-refractivity contribution in [3.63, 3.8) is 0 Å². The molecule has 0 aromatic heterocycles. The summed E-state index contributed by atoms with van der Waals surface area (Å²) in [5.41, 5.74) is 7.48. The van der Waals surface area contributed by atoms with Crippen molar-refractivity contribution in [3.05, 3.63) is 40.0 Å². The molecule has 92 valence electrons. The van der Waals surface area contributed by atoms with E-state index in [-0.39, 0.29) is 0 Å². The van der Waals surface area contributed by atoms with Crippen LogP contribution in [0.15, 0.2) is 17.7 Å². The quantitative estimate of drug-likeness (QED) is 0.633. The van der Waals surface area contributed by atoms with E-state index < -0.39 is 20.8 Å². The second-order valence-corrected chi connectivity index (χ2v) is 8.49. The Balaban J connectivity index is 0.000000437. The Labute approximate surface area is 123 Å². The first-order valence-corrected chi connectivity index (χ1v) is 12.1. The Kier molecular flexibility index (Phi) is 6.48. The summed E-state index contributed by atoms with van der Waals surface area (Å²) in [5.74, 6) is 0.632. The number of rotatable bonds is 1. The molecule has 0 saturated heterocycles. The van der Waals surface area contributed by atoms with E-state index in [1.165, 1.54) is 22.3 Å². The van der Waals surface area contributed by atoms with E-state index in [2.05, 4.69) is 45.9 Å². The molecule has 1 aliphatic carbocycles. The summed E-state index contributed by atoms with van der Waals surface area (Å²) < 4.78 is 0. The number of hydrogen-bond donors (Lipinski definition) is 0. The van der Waals surface area contributed by atoms with Crippen LogP contribution in [0.25, 0.3) is 6.08 Å². The molecule has 1 aromatic carbocycles. The summed E-state index contributed by atoms with van der Waals surface area (Å²) in [6, 6.07) is 4.55. The van der Waals surface area contributed by atoms with Crippen molar-refractivity contribution in [1.29, 1.82) is 0 Å². The van der Waals surface area contributed by atoms with E-state index in [0.29, 0.717) is 5.92 Å². The van der Waals surface area contributed by atoms with Crippen LogP contribution >= 0.6 is 17.0 Å². The molecule has 0 radical (unpaired) electrons. The third-order valence-electron chi connectivity index (χ3n) is 3.03. The van der Waals surface area contributed by atoms with Gasteiger partial charge in [0.1, 0.15) is 0 Å². The first kappa shape index (κ1) is 15.5. The fourth-order valence-corrected chi connectivity index (χ4v) is 2.48. The third kappa shape index (κ3) is 3.95. The molecule has 0 heterocycles. The van der Waals surface area contributed by atoms with Gasteiger partial charge < -0.3 is 0 Å². The summed E-state index contributed by atoms with van der Waals surface area (Å²) in [4.78, 5) is 0. The van der Waals surface area contributed by atoms with Crippen molar-refractivity contribution < 1.29 is 20.8 Å². The molecule has 0 bridgehead atoms. The molecular weight excluding hydrogens is 330 g/mol. The SMILES string of the molecule is CC1=Cc2c(ccc(C)c2C(C)C)C1.[Cl][Zr][Cl]. The molecule has 0 amide bonds. The van der Waals surface area contributed by atoms with E-state index in [1.54, 1.807) is 5.56 Å². The van der Waals surface area contributed by atoms with Gasteiger partial charge in [0.2, 0.25) is 0 Å². The number of fused-ring (bicyclic) bond motifs is 1. The summed E-state index contributed by atoms with van der Waals surface area (Å²) in [5, 5.41) is 0. The van der Waals surface area contributed by atoms with Crippen LogP contribution in [-0.2, 0) is 27.3 Å². The first-order valence-electron chi connectivity index (χ1n) is 5.77. The molecule has 17 heavy (non-hydrogen) atoms. The van der Waals surface area contributed by atoms with Gasteiger partial charge in [-0.05, 0) is 48.4 Å². The number of benzene rings is 1. The van der Waals surface area contributed by atoms with Crippen molar-refractivity contribution in [2.24, 2.45) is 0 Å². The molecule has 0 unspecified atom stereocenters. The fourth-order valence-electron chi connectivity index (χ4n) is 2.48. The van der Waals surface area contributed by atoms with Crippen LogP contribution in [0.4, 0.5) is 0 Å². The molecule has 0 atom stereocenters. The van der Waals surface area contributed by atoms with Gasteiger partial charge in [-0.3, -0.25) is 0 Å². The Hall–Kier alpha value is 0.423. The molecule has 2 rings (SSSR count). The van der Waals surface area contributed by atoms with Crippen LogP contribution in [-0.4, -0.2) is 0 Å². The second-order valence-electron chi connectivity index (χ2n) is 4.76. The van der Waals surface area contributed by atoms with Gasteiger partial charge in [-0.2, -0.15) is 0 Å². The Bertz CT molecular complexity index is 422. The van der Waals surface area contributed by atoms with Crippen molar-refractivity contribution in [1.82, 2.24) is 0 Å². The van der Waals surface area contributed by atoms with E-state index in [9.17, 15) is 0 Å². The Morgan fingerprint density at radius 1 is 1.18 bits per heavy atom. The normalized spacial score (nSPS) is 12.8. The second kappa shape index (κ2) is 7.12. The van der Waals surface area contributed by atoms with Gasteiger partial charge in [-0.1, -0.05) is 37.6 Å². The third-order valence-corrected chi connectivity index (χ3v) is 3.03. The van der Waals surface area contributed by atoms with Gasteiger partial charge in [-0.15, -0.1) is 0 Å². The molecule has 0 saturated carbocycles. The molecule has 0 nitrogen and oxygen atoms in total. The summed E-state index contributed by atoms with van der Waals surface area (Å²) in [6.07, 6.45) is 3.51. The topological polar surface area (TPSA) is 0 Å². The average molecular weight is 348 g/mol. The van der Waals surface area contributed by atoms with Crippen LogP contribution in [0.3, 0.4) is 0 Å². The maximum absolute atomic E-state index is 4.93. The van der Waals surface area contributed by atoms with Crippen LogP contribution in [0, 0.1) is 6.92 Å². The Morgan fingerprint density at radius 3 is 2.29 bits per heavy atom. The standard InChI is InChI=1S/C14H18.2ClH.Zr/c1-9(2)14-11(4)5-6-12-7-10(3)8-13(12)14;;;/h5-6,8-9H,7H2,1-4H3;2*1H;/q;;;+2/p-2. The molecule has 1 aliphatic rings. The van der Waals surface area contributed by atoms with Crippen molar-refractivity contribution in [3.8, 4) is 0 Å². The van der Waals surface area contributed by atoms with Crippen molar-refractivity contribution in [2.75, 3.05) is 0 Å². The van der Waals surface area contributed by atoms with Gasteiger partial charge >= 0.3 is 37.9 Å². The van der Waals surface area contributed by atoms with Crippen molar-refractivity contribution in [2.45, 2.75) is 40.0 Å². The van der Waals surface area contributed by atoms with Crippen LogP contribution in [0.2, 0.25) is 0 Å². The molecule has 3 heteroatoms. The molecule has 0 aliphatic heterocycles. The van der Waals surface area contributed by atoms with Gasteiger partial charge in [-0.25, -0.2) is 0 Å². The Morgan fingerprint density at radius 2 is 1.76 bits per heavy atom.